The Balaban J connectivity index is 2.58. The summed E-state index contributed by atoms with van der Waals surface area (Å²) < 4.78 is 5.05. The van der Waals surface area contributed by atoms with E-state index in [-0.39, 0.29) is 23.7 Å². The molecule has 0 radical (unpaired) electrons. The van der Waals surface area contributed by atoms with Gasteiger partial charge in [0.15, 0.2) is 17.8 Å². The Morgan fingerprint density at radius 3 is 2.63 bits per heavy atom. The summed E-state index contributed by atoms with van der Waals surface area (Å²) in [6.07, 6.45) is 0.581. The third kappa shape index (κ3) is 2.58. The minimum atomic E-state index is -0.167. The summed E-state index contributed by atoms with van der Waals surface area (Å²) in [7, 11) is 1.43. The maximum absolute atomic E-state index is 10.9. The Morgan fingerprint density at radius 1 is 1.21 bits per heavy atom. The monoisotopic (exact) mass is 258 g/mol. The number of aliphatic hydroxyl groups excluding tert-OH is 1. The van der Waals surface area contributed by atoms with Crippen LogP contribution in [0, 0.1) is 0 Å². The summed E-state index contributed by atoms with van der Waals surface area (Å²) in [5, 5.41) is 18.9. The van der Waals surface area contributed by atoms with Crippen molar-refractivity contribution in [3.63, 3.8) is 0 Å². The molecular formula is C15H14O4. The SMILES string of the molecule is COc1cc(-c2cccc(CO)c2)cc(C=O)c1O. The summed E-state index contributed by atoms with van der Waals surface area (Å²) in [4.78, 5) is 10.9. The van der Waals surface area contributed by atoms with Crippen molar-refractivity contribution in [2.45, 2.75) is 6.61 Å². The van der Waals surface area contributed by atoms with Crippen LogP contribution < -0.4 is 4.74 Å². The quantitative estimate of drug-likeness (QED) is 0.826. The van der Waals surface area contributed by atoms with Gasteiger partial charge in [-0.25, -0.2) is 0 Å². The number of carbonyl (C=O) groups is 1. The van der Waals surface area contributed by atoms with Gasteiger partial charge < -0.3 is 14.9 Å². The molecule has 0 atom stereocenters. The van der Waals surface area contributed by atoms with Crippen molar-refractivity contribution in [2.24, 2.45) is 0 Å². The van der Waals surface area contributed by atoms with Crippen LogP contribution in [0.4, 0.5) is 0 Å². The number of rotatable bonds is 4. The molecule has 0 spiro atoms. The molecule has 4 heteroatoms. The zero-order valence-corrected chi connectivity index (χ0v) is 10.5. The van der Waals surface area contributed by atoms with E-state index in [0.29, 0.717) is 6.29 Å². The molecule has 0 aromatic heterocycles. The first-order chi connectivity index (χ1) is 9.19. The second kappa shape index (κ2) is 5.54. The van der Waals surface area contributed by atoms with E-state index in [1.807, 2.05) is 24.3 Å². The largest absolute Gasteiger partial charge is 0.504 e. The molecule has 0 aliphatic rings. The van der Waals surface area contributed by atoms with Crippen molar-refractivity contribution >= 4 is 6.29 Å². The maximum atomic E-state index is 10.9. The molecule has 0 saturated heterocycles. The molecular weight excluding hydrogens is 244 g/mol. The van der Waals surface area contributed by atoms with E-state index >= 15 is 0 Å². The van der Waals surface area contributed by atoms with E-state index in [2.05, 4.69) is 0 Å². The highest BCUT2D eigenvalue weighted by Crippen LogP contribution is 2.34. The topological polar surface area (TPSA) is 66.8 Å². The number of carbonyl (C=O) groups excluding carboxylic acids is 1. The van der Waals surface area contributed by atoms with Crippen molar-refractivity contribution in [3.8, 4) is 22.6 Å². The van der Waals surface area contributed by atoms with Gasteiger partial charge >= 0.3 is 0 Å². The average Bonchev–Trinajstić information content (AvgIpc) is 2.47. The Kier molecular flexibility index (Phi) is 3.82. The predicted octanol–water partition coefficient (Wildman–Crippen LogP) is 2.37. The van der Waals surface area contributed by atoms with Crippen LogP contribution in [0.3, 0.4) is 0 Å². The van der Waals surface area contributed by atoms with E-state index in [9.17, 15) is 9.90 Å². The lowest BCUT2D eigenvalue weighted by Gasteiger charge is -2.10. The van der Waals surface area contributed by atoms with Gasteiger partial charge in [0, 0.05) is 0 Å². The number of aromatic hydroxyl groups is 1. The molecule has 0 aliphatic carbocycles. The average molecular weight is 258 g/mol. The first-order valence-corrected chi connectivity index (χ1v) is 5.76. The summed E-state index contributed by atoms with van der Waals surface area (Å²) in [5.41, 5.74) is 2.53. The number of hydrogen-bond acceptors (Lipinski definition) is 4. The van der Waals surface area contributed by atoms with E-state index in [0.717, 1.165) is 16.7 Å². The second-order valence-corrected chi connectivity index (χ2v) is 4.09. The van der Waals surface area contributed by atoms with Crippen molar-refractivity contribution in [3.05, 3.63) is 47.5 Å². The van der Waals surface area contributed by atoms with E-state index < -0.39 is 0 Å². The van der Waals surface area contributed by atoms with Gasteiger partial charge in [0.2, 0.25) is 0 Å². The fourth-order valence-electron chi connectivity index (χ4n) is 1.89. The molecule has 0 aliphatic heterocycles. The number of benzene rings is 2. The van der Waals surface area contributed by atoms with E-state index in [1.165, 1.54) is 7.11 Å². The number of ether oxygens (including phenoxy) is 1. The third-order valence-corrected chi connectivity index (χ3v) is 2.89. The number of methoxy groups -OCH3 is 1. The zero-order valence-electron chi connectivity index (χ0n) is 10.5. The first kappa shape index (κ1) is 13.1. The highest BCUT2D eigenvalue weighted by Gasteiger charge is 2.11. The predicted molar refractivity (Wildman–Crippen MR) is 71.4 cm³/mol. The number of aldehydes is 1. The molecule has 19 heavy (non-hydrogen) atoms. The van der Waals surface area contributed by atoms with Gasteiger partial charge in [-0.3, -0.25) is 4.79 Å². The Bertz CT molecular complexity index is 605. The second-order valence-electron chi connectivity index (χ2n) is 4.09. The highest BCUT2D eigenvalue weighted by molar-refractivity contribution is 5.85. The van der Waals surface area contributed by atoms with Crippen molar-refractivity contribution in [2.75, 3.05) is 7.11 Å². The molecule has 0 fully saturated rings. The number of hydrogen-bond donors (Lipinski definition) is 2. The van der Waals surface area contributed by atoms with Crippen LogP contribution in [0.5, 0.6) is 11.5 Å². The van der Waals surface area contributed by atoms with Gasteiger partial charge in [0.05, 0.1) is 19.3 Å². The standard InChI is InChI=1S/C15H14O4/c1-19-14-7-12(6-13(9-17)15(14)18)11-4-2-3-10(5-11)8-16/h2-7,9,16,18H,8H2,1H3. The van der Waals surface area contributed by atoms with Crippen molar-refractivity contribution in [1.82, 2.24) is 0 Å². The maximum Gasteiger partial charge on any atom is 0.168 e. The zero-order chi connectivity index (χ0) is 13.8. The summed E-state index contributed by atoms with van der Waals surface area (Å²) >= 11 is 0. The van der Waals surface area contributed by atoms with Crippen LogP contribution in [-0.2, 0) is 6.61 Å². The van der Waals surface area contributed by atoms with E-state index in [4.69, 9.17) is 9.84 Å². The van der Waals surface area contributed by atoms with Crippen LogP contribution in [0.2, 0.25) is 0 Å². The number of phenolic OH excluding ortho intramolecular Hbond substituents is 1. The molecule has 0 amide bonds. The van der Waals surface area contributed by atoms with Crippen molar-refractivity contribution < 1.29 is 19.7 Å². The van der Waals surface area contributed by atoms with Crippen LogP contribution in [-0.4, -0.2) is 23.6 Å². The lowest BCUT2D eigenvalue weighted by molar-refractivity contribution is 0.112. The van der Waals surface area contributed by atoms with E-state index in [1.54, 1.807) is 12.1 Å². The molecule has 0 bridgehead atoms. The Morgan fingerprint density at radius 2 is 2.00 bits per heavy atom. The molecule has 2 aromatic rings. The van der Waals surface area contributed by atoms with Crippen LogP contribution in [0.15, 0.2) is 36.4 Å². The van der Waals surface area contributed by atoms with Crippen molar-refractivity contribution in [1.29, 1.82) is 0 Å². The van der Waals surface area contributed by atoms with Gasteiger partial charge in [0.25, 0.3) is 0 Å². The first-order valence-electron chi connectivity index (χ1n) is 5.76. The summed E-state index contributed by atoms with van der Waals surface area (Å²) in [6.45, 7) is -0.0520. The fraction of sp³-hybridized carbons (Fsp3) is 0.133. The Labute approximate surface area is 110 Å². The van der Waals surface area contributed by atoms with Crippen LogP contribution in [0.25, 0.3) is 11.1 Å². The molecule has 2 rings (SSSR count). The lowest BCUT2D eigenvalue weighted by Crippen LogP contribution is -1.91. The smallest absolute Gasteiger partial charge is 0.168 e. The minimum Gasteiger partial charge on any atom is -0.504 e. The summed E-state index contributed by atoms with van der Waals surface area (Å²) in [6, 6.07) is 10.5. The van der Waals surface area contributed by atoms with Gasteiger partial charge in [-0.1, -0.05) is 18.2 Å². The normalized spacial score (nSPS) is 10.2. The van der Waals surface area contributed by atoms with Gasteiger partial charge in [-0.15, -0.1) is 0 Å². The molecule has 2 N–H and O–H groups in total. The molecule has 0 unspecified atom stereocenters. The fourth-order valence-corrected chi connectivity index (χ4v) is 1.89. The molecule has 0 heterocycles. The third-order valence-electron chi connectivity index (χ3n) is 2.89. The number of phenols is 1. The minimum absolute atomic E-state index is 0.0520. The summed E-state index contributed by atoms with van der Waals surface area (Å²) in [5.74, 6) is 0.0774. The molecule has 98 valence electrons. The number of aliphatic hydroxyl groups is 1. The van der Waals surface area contributed by atoms with Crippen LogP contribution >= 0.6 is 0 Å². The molecule has 2 aromatic carbocycles. The highest BCUT2D eigenvalue weighted by atomic mass is 16.5. The van der Waals surface area contributed by atoms with Crippen LogP contribution in [0.1, 0.15) is 15.9 Å². The van der Waals surface area contributed by atoms with Gasteiger partial charge in [-0.05, 0) is 34.9 Å². The molecule has 4 nitrogen and oxygen atoms in total. The lowest BCUT2D eigenvalue weighted by atomic mass is 10.0. The van der Waals surface area contributed by atoms with Gasteiger partial charge in [0.1, 0.15) is 0 Å². The Hall–Kier alpha value is -2.33. The molecule has 0 saturated carbocycles. The van der Waals surface area contributed by atoms with Gasteiger partial charge in [-0.2, -0.15) is 0 Å².